The van der Waals surface area contributed by atoms with E-state index >= 15 is 0 Å². The molecule has 0 radical (unpaired) electrons. The Morgan fingerprint density at radius 1 is 1.05 bits per heavy atom. The van der Waals surface area contributed by atoms with Gasteiger partial charge in [-0.2, -0.15) is 0 Å². The minimum Gasteiger partial charge on any atom is -0.325 e. The van der Waals surface area contributed by atoms with Crippen molar-refractivity contribution in [2.75, 3.05) is 11.1 Å². The van der Waals surface area contributed by atoms with Crippen LogP contribution in [0.2, 0.25) is 0 Å². The fraction of sp³-hybridized carbons (Fsp3) is 0.133. The van der Waals surface area contributed by atoms with Crippen LogP contribution in [0.3, 0.4) is 0 Å². The molecule has 3 N–H and O–H groups in total. The van der Waals surface area contributed by atoms with Crippen molar-refractivity contribution in [2.24, 2.45) is 5.14 Å². The molecule has 0 unspecified atom stereocenters. The van der Waals surface area contributed by atoms with Gasteiger partial charge >= 0.3 is 0 Å². The number of hydrogen-bond donors (Lipinski definition) is 2. The molecule has 2 rings (SSSR count). The molecular weight excluding hydrogens is 320 g/mol. The Morgan fingerprint density at radius 3 is 2.27 bits per heavy atom. The fourth-order valence-corrected chi connectivity index (χ4v) is 3.06. The number of anilines is 1. The van der Waals surface area contributed by atoms with Crippen LogP contribution in [0.25, 0.3) is 0 Å². The summed E-state index contributed by atoms with van der Waals surface area (Å²) in [6.45, 7) is 0. The summed E-state index contributed by atoms with van der Waals surface area (Å²) in [5.41, 5.74) is 1.70. The molecule has 22 heavy (non-hydrogen) atoms. The van der Waals surface area contributed by atoms with Crippen molar-refractivity contribution in [3.8, 4) is 0 Å². The summed E-state index contributed by atoms with van der Waals surface area (Å²) in [6.07, 6.45) is 0. The van der Waals surface area contributed by atoms with Crippen molar-refractivity contribution in [1.82, 2.24) is 0 Å². The van der Waals surface area contributed by atoms with E-state index in [4.69, 9.17) is 5.14 Å². The van der Waals surface area contributed by atoms with Gasteiger partial charge in [0.2, 0.25) is 15.9 Å². The lowest BCUT2D eigenvalue weighted by Gasteiger charge is -2.06. The molecule has 0 fully saturated rings. The van der Waals surface area contributed by atoms with Gasteiger partial charge in [0.25, 0.3) is 0 Å². The van der Waals surface area contributed by atoms with Gasteiger partial charge in [-0.05, 0) is 29.8 Å². The largest absolute Gasteiger partial charge is 0.325 e. The van der Waals surface area contributed by atoms with Crippen molar-refractivity contribution in [2.45, 2.75) is 10.6 Å². The number of hydrogen-bond acceptors (Lipinski definition) is 4. The Bertz CT molecular complexity index is 729. The first kappa shape index (κ1) is 16.5. The maximum absolute atomic E-state index is 11.8. The van der Waals surface area contributed by atoms with Gasteiger partial charge in [0.1, 0.15) is 0 Å². The first-order chi connectivity index (χ1) is 10.4. The summed E-state index contributed by atoms with van der Waals surface area (Å²) in [7, 11) is -3.71. The highest BCUT2D eigenvalue weighted by molar-refractivity contribution is 7.99. The van der Waals surface area contributed by atoms with E-state index in [0.29, 0.717) is 11.4 Å². The molecule has 0 aromatic heterocycles. The molecule has 2 aromatic rings. The van der Waals surface area contributed by atoms with E-state index in [2.05, 4.69) is 5.32 Å². The average molecular weight is 336 g/mol. The number of sulfonamides is 1. The zero-order valence-corrected chi connectivity index (χ0v) is 13.4. The summed E-state index contributed by atoms with van der Waals surface area (Å²) >= 11 is 1.51. The molecule has 0 spiro atoms. The normalized spacial score (nSPS) is 11.1. The van der Waals surface area contributed by atoms with Gasteiger partial charge in [0.05, 0.1) is 10.6 Å². The van der Waals surface area contributed by atoms with Crippen molar-refractivity contribution in [1.29, 1.82) is 0 Å². The lowest BCUT2D eigenvalue weighted by molar-refractivity contribution is -0.113. The molecule has 1 amide bonds. The molecule has 0 bridgehead atoms. The maximum Gasteiger partial charge on any atom is 0.238 e. The quantitative estimate of drug-likeness (QED) is 0.846. The Balaban J connectivity index is 1.82. The minimum atomic E-state index is -3.71. The molecule has 0 heterocycles. The maximum atomic E-state index is 11.8. The number of carbonyl (C=O) groups is 1. The SMILES string of the molecule is NS(=O)(=O)c1ccc(NC(=O)CSCc2ccccc2)cc1. The molecule has 0 saturated heterocycles. The Kier molecular flexibility index (Phi) is 5.59. The van der Waals surface area contributed by atoms with Crippen LogP contribution in [-0.2, 0) is 20.6 Å². The van der Waals surface area contributed by atoms with Gasteiger partial charge < -0.3 is 5.32 Å². The lowest BCUT2D eigenvalue weighted by Crippen LogP contribution is -2.15. The molecule has 0 saturated carbocycles. The third-order valence-electron chi connectivity index (χ3n) is 2.81. The molecular formula is C15H16N2O3S2. The van der Waals surface area contributed by atoms with Crippen molar-refractivity contribution < 1.29 is 13.2 Å². The number of nitrogens with one attached hydrogen (secondary N) is 1. The van der Waals surface area contributed by atoms with Crippen LogP contribution in [0.5, 0.6) is 0 Å². The van der Waals surface area contributed by atoms with E-state index in [9.17, 15) is 13.2 Å². The number of thioether (sulfide) groups is 1. The summed E-state index contributed by atoms with van der Waals surface area (Å²) in [5, 5.41) is 7.72. The second-order valence-electron chi connectivity index (χ2n) is 4.60. The average Bonchev–Trinajstić information content (AvgIpc) is 2.48. The minimum absolute atomic E-state index is 0.0175. The van der Waals surface area contributed by atoms with E-state index in [1.807, 2.05) is 30.3 Å². The number of amides is 1. The Morgan fingerprint density at radius 2 is 1.68 bits per heavy atom. The monoisotopic (exact) mass is 336 g/mol. The van der Waals surface area contributed by atoms with Crippen LogP contribution in [0, 0.1) is 0 Å². The highest BCUT2D eigenvalue weighted by atomic mass is 32.2. The zero-order chi connectivity index (χ0) is 16.0. The predicted octanol–water partition coefficient (Wildman–Crippen LogP) is 2.21. The van der Waals surface area contributed by atoms with Gasteiger partial charge in [-0.1, -0.05) is 30.3 Å². The van der Waals surface area contributed by atoms with Gasteiger partial charge in [-0.3, -0.25) is 4.79 Å². The van der Waals surface area contributed by atoms with Crippen LogP contribution in [0.1, 0.15) is 5.56 Å². The third kappa shape index (κ3) is 5.18. The second kappa shape index (κ2) is 7.44. The summed E-state index contributed by atoms with van der Waals surface area (Å²) in [5.74, 6) is 0.953. The summed E-state index contributed by atoms with van der Waals surface area (Å²) in [4.78, 5) is 11.8. The number of benzene rings is 2. The molecule has 0 aliphatic heterocycles. The Hall–Kier alpha value is -1.83. The molecule has 0 aliphatic rings. The summed E-state index contributed by atoms with van der Waals surface area (Å²) in [6, 6.07) is 15.6. The standard InChI is InChI=1S/C15H16N2O3S2/c16-22(19,20)14-8-6-13(7-9-14)17-15(18)11-21-10-12-4-2-1-3-5-12/h1-9H,10-11H2,(H,17,18)(H2,16,19,20). The number of primary sulfonamides is 1. The molecule has 0 atom stereocenters. The lowest BCUT2D eigenvalue weighted by atomic mass is 10.2. The Labute approximate surface area is 134 Å². The number of rotatable bonds is 6. The third-order valence-corrected chi connectivity index (χ3v) is 4.74. The molecule has 116 valence electrons. The molecule has 7 heteroatoms. The van der Waals surface area contributed by atoms with Crippen LogP contribution >= 0.6 is 11.8 Å². The number of nitrogens with two attached hydrogens (primary N) is 1. The van der Waals surface area contributed by atoms with Crippen LogP contribution < -0.4 is 10.5 Å². The highest BCUT2D eigenvalue weighted by Gasteiger charge is 2.08. The topological polar surface area (TPSA) is 89.3 Å². The van der Waals surface area contributed by atoms with Gasteiger partial charge in [-0.15, -0.1) is 11.8 Å². The van der Waals surface area contributed by atoms with E-state index in [1.54, 1.807) is 0 Å². The van der Waals surface area contributed by atoms with E-state index in [0.717, 1.165) is 11.3 Å². The first-order valence-corrected chi connectivity index (χ1v) is 9.19. The molecule has 2 aromatic carbocycles. The predicted molar refractivity (Wildman–Crippen MR) is 89.0 cm³/mol. The van der Waals surface area contributed by atoms with Gasteiger partial charge in [-0.25, -0.2) is 13.6 Å². The van der Waals surface area contributed by atoms with Crippen molar-refractivity contribution in [3.05, 3.63) is 60.2 Å². The van der Waals surface area contributed by atoms with Crippen LogP contribution in [0.4, 0.5) is 5.69 Å². The second-order valence-corrected chi connectivity index (χ2v) is 7.14. The smallest absolute Gasteiger partial charge is 0.238 e. The van der Waals surface area contributed by atoms with Crippen LogP contribution in [-0.4, -0.2) is 20.1 Å². The van der Waals surface area contributed by atoms with Gasteiger partial charge in [0, 0.05) is 11.4 Å². The summed E-state index contributed by atoms with van der Waals surface area (Å²) < 4.78 is 22.3. The zero-order valence-electron chi connectivity index (χ0n) is 11.7. The van der Waals surface area contributed by atoms with Crippen molar-refractivity contribution in [3.63, 3.8) is 0 Å². The highest BCUT2D eigenvalue weighted by Crippen LogP contribution is 2.15. The number of carbonyl (C=O) groups excluding carboxylic acids is 1. The van der Waals surface area contributed by atoms with E-state index in [1.165, 1.54) is 36.0 Å². The molecule has 5 nitrogen and oxygen atoms in total. The van der Waals surface area contributed by atoms with E-state index < -0.39 is 10.0 Å². The fourth-order valence-electron chi connectivity index (χ4n) is 1.76. The first-order valence-electron chi connectivity index (χ1n) is 6.49. The van der Waals surface area contributed by atoms with E-state index in [-0.39, 0.29) is 10.8 Å². The van der Waals surface area contributed by atoms with Crippen molar-refractivity contribution >= 4 is 33.4 Å². The molecule has 0 aliphatic carbocycles. The van der Waals surface area contributed by atoms with Gasteiger partial charge in [0.15, 0.2) is 0 Å². The van der Waals surface area contributed by atoms with Crippen LogP contribution in [0.15, 0.2) is 59.5 Å².